The van der Waals surface area contributed by atoms with E-state index in [9.17, 15) is 14.9 Å². The number of nitro groups is 1. The van der Waals surface area contributed by atoms with Crippen molar-refractivity contribution in [2.24, 2.45) is 0 Å². The number of nitro benzene ring substituents is 1. The topological polar surface area (TPSA) is 98.9 Å². The van der Waals surface area contributed by atoms with Gasteiger partial charge >= 0.3 is 11.7 Å². The monoisotopic (exact) mass is 227 g/mol. The lowest BCUT2D eigenvalue weighted by molar-refractivity contribution is -0.385. The fraction of sp³-hybridized carbons (Fsp3) is 0.222. The number of carboxylic acids is 1. The molecular formula is C9H9NO6. The molecule has 0 aromatic heterocycles. The van der Waals surface area contributed by atoms with Crippen molar-refractivity contribution in [1.29, 1.82) is 0 Å². The number of rotatable bonds is 4. The van der Waals surface area contributed by atoms with E-state index in [0.29, 0.717) is 0 Å². The van der Waals surface area contributed by atoms with Crippen molar-refractivity contribution in [3.8, 4) is 11.5 Å². The maximum atomic E-state index is 10.8. The standard InChI is InChI=1S/C9H9NO6/c1-15-7-5(9(11)12)3-4-6(10(13)14)8(7)16-2/h3-4H,1-2H3,(H,11,12). The van der Waals surface area contributed by atoms with Crippen LogP contribution < -0.4 is 9.47 Å². The molecule has 0 amide bonds. The Morgan fingerprint density at radius 3 is 2.25 bits per heavy atom. The highest BCUT2D eigenvalue weighted by Gasteiger charge is 2.25. The van der Waals surface area contributed by atoms with Gasteiger partial charge in [0, 0.05) is 6.07 Å². The molecule has 0 aliphatic carbocycles. The Bertz CT molecular complexity index is 401. The summed E-state index contributed by atoms with van der Waals surface area (Å²) in [6, 6.07) is 2.16. The van der Waals surface area contributed by atoms with E-state index < -0.39 is 10.9 Å². The van der Waals surface area contributed by atoms with Crippen LogP contribution in [0.3, 0.4) is 0 Å². The molecule has 0 heterocycles. The van der Waals surface area contributed by atoms with Crippen molar-refractivity contribution in [3.63, 3.8) is 0 Å². The summed E-state index contributed by atoms with van der Waals surface area (Å²) in [7, 11) is 2.42. The van der Waals surface area contributed by atoms with Gasteiger partial charge in [0.2, 0.25) is 5.75 Å². The number of hydrogen-bond acceptors (Lipinski definition) is 5. The Kier molecular flexibility index (Phi) is 3.29. The van der Waals surface area contributed by atoms with Crippen LogP contribution in [0.1, 0.15) is 10.4 Å². The molecule has 1 rings (SSSR count). The first-order chi connectivity index (χ1) is 7.52. The Balaban J connectivity index is 3.52. The smallest absolute Gasteiger partial charge is 0.339 e. The third kappa shape index (κ3) is 1.88. The summed E-state index contributed by atoms with van der Waals surface area (Å²) in [6.07, 6.45) is 0. The summed E-state index contributed by atoms with van der Waals surface area (Å²) in [4.78, 5) is 20.8. The molecule has 0 aliphatic heterocycles. The summed E-state index contributed by atoms with van der Waals surface area (Å²) in [5.74, 6) is -1.61. The van der Waals surface area contributed by atoms with Gasteiger partial charge in [-0.05, 0) is 6.07 Å². The molecule has 0 radical (unpaired) electrons. The fourth-order valence-corrected chi connectivity index (χ4v) is 1.26. The number of hydrogen-bond donors (Lipinski definition) is 1. The molecule has 7 heteroatoms. The van der Waals surface area contributed by atoms with Gasteiger partial charge in [0.05, 0.1) is 19.1 Å². The van der Waals surface area contributed by atoms with E-state index in [1.54, 1.807) is 0 Å². The zero-order chi connectivity index (χ0) is 12.3. The lowest BCUT2D eigenvalue weighted by Crippen LogP contribution is -2.04. The zero-order valence-corrected chi connectivity index (χ0v) is 8.59. The highest BCUT2D eigenvalue weighted by Crippen LogP contribution is 2.39. The van der Waals surface area contributed by atoms with E-state index in [4.69, 9.17) is 14.6 Å². The maximum Gasteiger partial charge on any atom is 0.339 e. The number of methoxy groups -OCH3 is 2. The highest BCUT2D eigenvalue weighted by atomic mass is 16.6. The van der Waals surface area contributed by atoms with Crippen LogP contribution in [0.15, 0.2) is 12.1 Å². The first kappa shape index (κ1) is 11.8. The third-order valence-electron chi connectivity index (χ3n) is 1.93. The molecule has 0 spiro atoms. The SMILES string of the molecule is COc1c(C(=O)O)ccc([N+](=O)[O-])c1OC. The van der Waals surface area contributed by atoms with Gasteiger partial charge in [0.15, 0.2) is 5.75 Å². The Morgan fingerprint density at radius 1 is 1.31 bits per heavy atom. The molecule has 0 saturated carbocycles. The molecule has 16 heavy (non-hydrogen) atoms. The quantitative estimate of drug-likeness (QED) is 0.614. The zero-order valence-electron chi connectivity index (χ0n) is 8.59. The van der Waals surface area contributed by atoms with E-state index in [-0.39, 0.29) is 22.7 Å². The van der Waals surface area contributed by atoms with Crippen LogP contribution in [0, 0.1) is 10.1 Å². The Morgan fingerprint density at radius 2 is 1.88 bits per heavy atom. The van der Waals surface area contributed by atoms with Crippen LogP contribution in [-0.4, -0.2) is 30.2 Å². The number of benzene rings is 1. The summed E-state index contributed by atoms with van der Waals surface area (Å²) >= 11 is 0. The molecule has 0 unspecified atom stereocenters. The van der Waals surface area contributed by atoms with Gasteiger partial charge in [-0.1, -0.05) is 0 Å². The van der Waals surface area contributed by atoms with Crippen molar-refractivity contribution in [2.75, 3.05) is 14.2 Å². The summed E-state index contributed by atoms with van der Waals surface area (Å²) < 4.78 is 9.60. The molecule has 0 bridgehead atoms. The second kappa shape index (κ2) is 4.47. The minimum atomic E-state index is -1.25. The minimum absolute atomic E-state index is 0.163. The van der Waals surface area contributed by atoms with Crippen molar-refractivity contribution >= 4 is 11.7 Å². The number of aromatic carboxylic acids is 1. The first-order valence-electron chi connectivity index (χ1n) is 4.15. The molecule has 1 N–H and O–H groups in total. The molecule has 7 nitrogen and oxygen atoms in total. The summed E-state index contributed by atoms with van der Waals surface area (Å²) in [6.45, 7) is 0. The minimum Gasteiger partial charge on any atom is -0.492 e. The fourth-order valence-electron chi connectivity index (χ4n) is 1.26. The lowest BCUT2D eigenvalue weighted by atomic mass is 10.1. The van der Waals surface area contributed by atoms with Crippen molar-refractivity contribution in [2.45, 2.75) is 0 Å². The van der Waals surface area contributed by atoms with Crippen molar-refractivity contribution < 1.29 is 24.3 Å². The Labute approximate surface area is 90.4 Å². The molecule has 0 aliphatic rings. The van der Waals surface area contributed by atoms with Gasteiger partial charge < -0.3 is 14.6 Å². The predicted molar refractivity (Wildman–Crippen MR) is 53.2 cm³/mol. The van der Waals surface area contributed by atoms with Crippen LogP contribution >= 0.6 is 0 Å². The van der Waals surface area contributed by atoms with E-state index in [0.717, 1.165) is 12.1 Å². The van der Waals surface area contributed by atoms with Crippen LogP contribution in [0.2, 0.25) is 0 Å². The number of ether oxygens (including phenoxy) is 2. The normalized spacial score (nSPS) is 9.62. The van der Waals surface area contributed by atoms with E-state index in [1.165, 1.54) is 14.2 Å². The lowest BCUT2D eigenvalue weighted by Gasteiger charge is -2.09. The van der Waals surface area contributed by atoms with Crippen molar-refractivity contribution in [1.82, 2.24) is 0 Å². The van der Waals surface area contributed by atoms with Gasteiger partial charge in [-0.25, -0.2) is 4.79 Å². The summed E-state index contributed by atoms with van der Waals surface area (Å²) in [5.41, 5.74) is -0.533. The van der Waals surface area contributed by atoms with E-state index >= 15 is 0 Å². The average molecular weight is 227 g/mol. The molecule has 0 saturated heterocycles. The molecule has 1 aromatic carbocycles. The maximum absolute atomic E-state index is 10.8. The van der Waals surface area contributed by atoms with Gasteiger partial charge in [0.25, 0.3) is 0 Å². The van der Waals surface area contributed by atoms with Gasteiger partial charge in [-0.2, -0.15) is 0 Å². The van der Waals surface area contributed by atoms with Crippen LogP contribution in [0.4, 0.5) is 5.69 Å². The molecular weight excluding hydrogens is 218 g/mol. The molecule has 1 aromatic rings. The van der Waals surface area contributed by atoms with E-state index in [1.807, 2.05) is 0 Å². The van der Waals surface area contributed by atoms with Crippen molar-refractivity contribution in [3.05, 3.63) is 27.8 Å². The largest absolute Gasteiger partial charge is 0.492 e. The molecule has 86 valence electrons. The Hall–Kier alpha value is -2.31. The third-order valence-corrected chi connectivity index (χ3v) is 1.93. The second-order valence-corrected chi connectivity index (χ2v) is 2.76. The van der Waals surface area contributed by atoms with Gasteiger partial charge in [-0.15, -0.1) is 0 Å². The molecule has 0 atom stereocenters. The van der Waals surface area contributed by atoms with Crippen LogP contribution in [-0.2, 0) is 0 Å². The average Bonchev–Trinajstić information content (AvgIpc) is 2.26. The molecule has 0 fully saturated rings. The first-order valence-corrected chi connectivity index (χ1v) is 4.15. The second-order valence-electron chi connectivity index (χ2n) is 2.76. The summed E-state index contributed by atoms with van der Waals surface area (Å²) in [5, 5.41) is 19.5. The van der Waals surface area contributed by atoms with Gasteiger partial charge in [-0.3, -0.25) is 10.1 Å². The van der Waals surface area contributed by atoms with Gasteiger partial charge in [0.1, 0.15) is 5.56 Å². The number of carboxylic acid groups (broad SMARTS) is 1. The van der Waals surface area contributed by atoms with Crippen LogP contribution in [0.5, 0.6) is 11.5 Å². The van der Waals surface area contributed by atoms with E-state index in [2.05, 4.69) is 0 Å². The number of carbonyl (C=O) groups is 1. The predicted octanol–water partition coefficient (Wildman–Crippen LogP) is 1.31. The highest BCUT2D eigenvalue weighted by molar-refractivity contribution is 5.93. The number of nitrogens with zero attached hydrogens (tertiary/aromatic N) is 1. The van der Waals surface area contributed by atoms with Crippen LogP contribution in [0.25, 0.3) is 0 Å².